The fourth-order valence-electron chi connectivity index (χ4n) is 2.72. The van der Waals surface area contributed by atoms with Crippen LogP contribution in [0.2, 0.25) is 0 Å². The number of rotatable bonds is 8. The first-order valence-electron chi connectivity index (χ1n) is 7.79. The van der Waals surface area contributed by atoms with Crippen LogP contribution in [0.15, 0.2) is 0 Å². The van der Waals surface area contributed by atoms with Crippen LogP contribution in [0.1, 0.15) is 55.4 Å². The topological polar surface area (TPSA) is 15.7 Å². The van der Waals surface area contributed by atoms with E-state index in [4.69, 9.17) is 29.2 Å². The molecule has 0 fully saturated rings. The van der Waals surface area contributed by atoms with Crippen molar-refractivity contribution in [2.45, 2.75) is 79.6 Å². The summed E-state index contributed by atoms with van der Waals surface area (Å²) in [6.45, 7) is 18.1. The lowest BCUT2D eigenvalue weighted by Gasteiger charge is -2.34. The lowest BCUT2D eigenvalue weighted by molar-refractivity contribution is 0.178. The van der Waals surface area contributed by atoms with Gasteiger partial charge in [-0.25, -0.2) is 0 Å². The van der Waals surface area contributed by atoms with E-state index in [0.29, 0.717) is 37.4 Å². The molecule has 21 heavy (non-hydrogen) atoms. The van der Waals surface area contributed by atoms with E-state index in [9.17, 15) is 0 Å². The van der Waals surface area contributed by atoms with Gasteiger partial charge in [0.2, 0.25) is 0 Å². The molecular weight excluding hydrogens is 300 g/mol. The minimum Gasteiger partial charge on any atom is -0.367 e. The molecule has 0 heterocycles. The zero-order valence-corrected chi connectivity index (χ0v) is 16.5. The lowest BCUT2D eigenvalue weighted by atomic mass is 10.2. The number of thiocarbonyl (C=S) groups is 2. The predicted octanol–water partition coefficient (Wildman–Crippen LogP) is 3.90. The van der Waals surface area contributed by atoms with Crippen LogP contribution in [0.5, 0.6) is 0 Å². The highest BCUT2D eigenvalue weighted by Crippen LogP contribution is 2.09. The van der Waals surface area contributed by atoms with Crippen molar-refractivity contribution in [1.29, 1.82) is 0 Å². The summed E-state index contributed by atoms with van der Waals surface area (Å²) >= 11 is 11.0. The van der Waals surface area contributed by atoms with Crippen LogP contribution in [0, 0.1) is 0 Å². The first kappa shape index (κ1) is 20.7. The Morgan fingerprint density at radius 2 is 0.905 bits per heavy atom. The maximum Gasteiger partial charge on any atom is 0.105 e. The fraction of sp³-hybridized carbons (Fsp3) is 0.875. The van der Waals surface area contributed by atoms with Gasteiger partial charge >= 0.3 is 0 Å². The molecule has 0 spiro atoms. The minimum atomic E-state index is 0.385. The molecule has 0 saturated heterocycles. The standard InChI is InChI=1S/C16H32N2OS2/c1-11(2)17(12(3)4)15(20)9-19-10-16(21)18(13(5)6)14(7)8/h11-14H,9-10H2,1-8H3. The third-order valence-electron chi connectivity index (χ3n) is 3.25. The highest BCUT2D eigenvalue weighted by Gasteiger charge is 2.19. The fourth-order valence-corrected chi connectivity index (χ4v) is 3.73. The van der Waals surface area contributed by atoms with Gasteiger partial charge in [0, 0.05) is 24.2 Å². The van der Waals surface area contributed by atoms with Gasteiger partial charge < -0.3 is 14.5 Å². The van der Waals surface area contributed by atoms with E-state index < -0.39 is 0 Å². The van der Waals surface area contributed by atoms with Crippen molar-refractivity contribution in [3.63, 3.8) is 0 Å². The first-order valence-corrected chi connectivity index (χ1v) is 8.61. The van der Waals surface area contributed by atoms with Crippen LogP contribution < -0.4 is 0 Å². The molecule has 0 N–H and O–H groups in total. The molecule has 0 bridgehead atoms. The monoisotopic (exact) mass is 332 g/mol. The normalized spacial score (nSPS) is 11.6. The van der Waals surface area contributed by atoms with Gasteiger partial charge in [-0.3, -0.25) is 0 Å². The molecule has 3 nitrogen and oxygen atoms in total. The van der Waals surface area contributed by atoms with Gasteiger partial charge in [0.1, 0.15) is 9.98 Å². The number of nitrogens with zero attached hydrogens (tertiary/aromatic N) is 2. The highest BCUT2D eigenvalue weighted by atomic mass is 32.1. The second-order valence-electron chi connectivity index (χ2n) is 6.47. The molecule has 0 radical (unpaired) electrons. The Kier molecular flexibility index (Phi) is 9.58. The Bertz CT molecular complexity index is 293. The molecule has 0 aromatic carbocycles. The van der Waals surface area contributed by atoms with Crippen LogP contribution in [-0.4, -0.2) is 57.2 Å². The van der Waals surface area contributed by atoms with Crippen LogP contribution in [0.3, 0.4) is 0 Å². The molecule has 0 rings (SSSR count). The summed E-state index contributed by atoms with van der Waals surface area (Å²) in [6.07, 6.45) is 0. The van der Waals surface area contributed by atoms with Crippen molar-refractivity contribution >= 4 is 34.4 Å². The second-order valence-corrected chi connectivity index (χ2v) is 7.41. The van der Waals surface area contributed by atoms with E-state index in [1.165, 1.54) is 0 Å². The molecular formula is C16H32N2OS2. The molecule has 0 aliphatic carbocycles. The molecule has 0 unspecified atom stereocenters. The Morgan fingerprint density at radius 3 is 1.10 bits per heavy atom. The van der Waals surface area contributed by atoms with Gasteiger partial charge in [-0.2, -0.15) is 0 Å². The van der Waals surface area contributed by atoms with Crippen molar-refractivity contribution in [3.8, 4) is 0 Å². The Labute approximate surface area is 142 Å². The second kappa shape index (κ2) is 9.70. The van der Waals surface area contributed by atoms with Crippen molar-refractivity contribution in [3.05, 3.63) is 0 Å². The smallest absolute Gasteiger partial charge is 0.105 e. The van der Waals surface area contributed by atoms with Gasteiger partial charge in [0.05, 0.1) is 13.2 Å². The zero-order valence-electron chi connectivity index (χ0n) is 14.8. The summed E-state index contributed by atoms with van der Waals surface area (Å²) in [4.78, 5) is 6.12. The molecule has 0 saturated carbocycles. The Balaban J connectivity index is 4.42. The summed E-state index contributed by atoms with van der Waals surface area (Å²) in [5, 5.41) is 0. The zero-order chi connectivity index (χ0) is 16.7. The minimum absolute atomic E-state index is 0.385. The third-order valence-corrected chi connectivity index (χ3v) is 3.91. The summed E-state index contributed by atoms with van der Waals surface area (Å²) < 4.78 is 5.75. The van der Waals surface area contributed by atoms with E-state index in [0.717, 1.165) is 9.98 Å². The number of ether oxygens (including phenoxy) is 1. The van der Waals surface area contributed by atoms with E-state index in [-0.39, 0.29) is 0 Å². The Morgan fingerprint density at radius 1 is 0.667 bits per heavy atom. The van der Waals surface area contributed by atoms with Crippen molar-refractivity contribution < 1.29 is 4.74 Å². The van der Waals surface area contributed by atoms with E-state index >= 15 is 0 Å². The number of hydrogen-bond donors (Lipinski definition) is 0. The summed E-state index contributed by atoms with van der Waals surface area (Å²) in [6, 6.07) is 1.54. The third kappa shape index (κ3) is 7.02. The van der Waals surface area contributed by atoms with Gasteiger partial charge in [0.15, 0.2) is 0 Å². The molecule has 0 aliphatic heterocycles. The SMILES string of the molecule is CC(C)N(C(=S)COCC(=S)N(C(C)C)C(C)C)C(C)C. The summed E-state index contributed by atoms with van der Waals surface area (Å²) in [5.41, 5.74) is 0. The summed E-state index contributed by atoms with van der Waals surface area (Å²) in [5.74, 6) is 0. The quantitative estimate of drug-likeness (QED) is 0.625. The molecule has 0 aromatic heterocycles. The highest BCUT2D eigenvalue weighted by molar-refractivity contribution is 7.80. The average Bonchev–Trinajstić information content (AvgIpc) is 2.26. The summed E-state index contributed by atoms with van der Waals surface area (Å²) in [7, 11) is 0. The molecule has 124 valence electrons. The van der Waals surface area contributed by atoms with Crippen LogP contribution >= 0.6 is 24.4 Å². The first-order chi connectivity index (χ1) is 9.59. The van der Waals surface area contributed by atoms with E-state index in [1.807, 2.05) is 0 Å². The van der Waals surface area contributed by atoms with Gasteiger partial charge in [-0.1, -0.05) is 24.4 Å². The molecule has 0 aliphatic rings. The predicted molar refractivity (Wildman–Crippen MR) is 100 cm³/mol. The van der Waals surface area contributed by atoms with Crippen molar-refractivity contribution in [2.24, 2.45) is 0 Å². The van der Waals surface area contributed by atoms with Crippen LogP contribution in [0.25, 0.3) is 0 Å². The number of hydrogen-bond acceptors (Lipinski definition) is 3. The van der Waals surface area contributed by atoms with Gasteiger partial charge in [-0.15, -0.1) is 0 Å². The molecule has 0 aromatic rings. The Hall–Kier alpha value is -0.260. The lowest BCUT2D eigenvalue weighted by Crippen LogP contribution is -2.45. The van der Waals surface area contributed by atoms with Gasteiger partial charge in [0.25, 0.3) is 0 Å². The largest absolute Gasteiger partial charge is 0.367 e. The van der Waals surface area contributed by atoms with E-state index in [1.54, 1.807) is 0 Å². The van der Waals surface area contributed by atoms with Gasteiger partial charge in [-0.05, 0) is 55.4 Å². The van der Waals surface area contributed by atoms with E-state index in [2.05, 4.69) is 65.2 Å². The maximum absolute atomic E-state index is 5.75. The van der Waals surface area contributed by atoms with Crippen LogP contribution in [0.4, 0.5) is 0 Å². The van der Waals surface area contributed by atoms with Crippen LogP contribution in [-0.2, 0) is 4.74 Å². The molecule has 0 amide bonds. The molecule has 0 atom stereocenters. The molecule has 5 heteroatoms. The maximum atomic E-state index is 5.75. The van der Waals surface area contributed by atoms with Crippen molar-refractivity contribution in [1.82, 2.24) is 9.80 Å². The van der Waals surface area contributed by atoms with Crippen molar-refractivity contribution in [2.75, 3.05) is 13.2 Å². The average molecular weight is 333 g/mol.